The van der Waals surface area contributed by atoms with Crippen LogP contribution in [0.4, 0.5) is 10.5 Å². The molecule has 0 aliphatic rings. The van der Waals surface area contributed by atoms with Gasteiger partial charge in [-0.15, -0.1) is 0 Å². The van der Waals surface area contributed by atoms with Gasteiger partial charge >= 0.3 is 6.09 Å². The number of nitrogens with one attached hydrogen (secondary N) is 2. The molecule has 23 heavy (non-hydrogen) atoms. The molecule has 126 valence electrons. The fourth-order valence-corrected chi connectivity index (χ4v) is 1.78. The van der Waals surface area contributed by atoms with Crippen LogP contribution >= 0.6 is 0 Å². The Morgan fingerprint density at radius 3 is 2.74 bits per heavy atom. The molecule has 6 nitrogen and oxygen atoms in total. The van der Waals surface area contributed by atoms with Gasteiger partial charge in [0.25, 0.3) is 5.91 Å². The molecule has 2 N–H and O–H groups in total. The smallest absolute Gasteiger partial charge is 0.412 e. The van der Waals surface area contributed by atoms with E-state index < -0.39 is 6.09 Å². The second-order valence-corrected chi connectivity index (χ2v) is 4.87. The molecule has 0 aliphatic heterocycles. The van der Waals surface area contributed by atoms with Gasteiger partial charge in [0.05, 0.1) is 12.4 Å². The highest BCUT2D eigenvalue weighted by molar-refractivity contribution is 5.99. The molecule has 0 radical (unpaired) electrons. The van der Waals surface area contributed by atoms with Crippen LogP contribution in [0.1, 0.15) is 33.6 Å². The number of unbranched alkanes of at least 4 members (excludes halogenated alkanes) is 1. The molecule has 0 saturated carbocycles. The average molecular weight is 320 g/mol. The molecule has 6 heteroatoms. The lowest BCUT2D eigenvalue weighted by atomic mass is 10.3. The Bertz CT molecular complexity index is 555. The normalized spacial score (nSPS) is 10.8. The van der Waals surface area contributed by atoms with Gasteiger partial charge < -0.3 is 20.1 Å². The van der Waals surface area contributed by atoms with Crippen LogP contribution in [-0.2, 0) is 9.53 Å². The number of anilines is 1. The van der Waals surface area contributed by atoms with Gasteiger partial charge in [-0.05, 0) is 32.4 Å². The Morgan fingerprint density at radius 1 is 1.26 bits per heavy atom. The van der Waals surface area contributed by atoms with Crippen molar-refractivity contribution in [1.29, 1.82) is 0 Å². The fourth-order valence-electron chi connectivity index (χ4n) is 1.78. The maximum Gasteiger partial charge on any atom is 0.412 e. The third kappa shape index (κ3) is 7.90. The average Bonchev–Trinajstić information content (AvgIpc) is 2.47. The number of carbonyl (C=O) groups is 2. The number of hydrogen-bond donors (Lipinski definition) is 2. The van der Waals surface area contributed by atoms with E-state index in [0.717, 1.165) is 12.8 Å². The van der Waals surface area contributed by atoms with E-state index in [0.29, 0.717) is 30.3 Å². The van der Waals surface area contributed by atoms with E-state index in [9.17, 15) is 9.59 Å². The fraction of sp³-hybridized carbons (Fsp3) is 0.412. The molecule has 1 rings (SSSR count). The molecular formula is C17H24N2O4. The van der Waals surface area contributed by atoms with Crippen molar-refractivity contribution in [2.45, 2.75) is 33.6 Å². The van der Waals surface area contributed by atoms with Crippen LogP contribution in [0.3, 0.4) is 0 Å². The topological polar surface area (TPSA) is 76.7 Å². The Balaban J connectivity index is 2.57. The van der Waals surface area contributed by atoms with Crippen LogP contribution in [0, 0.1) is 0 Å². The molecule has 1 aromatic carbocycles. The molecule has 0 unspecified atom stereocenters. The van der Waals surface area contributed by atoms with E-state index in [4.69, 9.17) is 9.47 Å². The standard InChI is InChI=1S/C17H24N2O4/c1-4-6-10-18-17(21)23-15-9-7-8-14(12-15)19-16(20)11-13(3)22-5-2/h7-9,11-12H,4-6,10H2,1-3H3,(H,18,21)(H,19,20)/b13-11-. The number of rotatable bonds is 8. The van der Waals surface area contributed by atoms with Gasteiger partial charge in [0.2, 0.25) is 0 Å². The maximum atomic E-state index is 11.8. The summed E-state index contributed by atoms with van der Waals surface area (Å²) < 4.78 is 10.4. The highest BCUT2D eigenvalue weighted by atomic mass is 16.6. The van der Waals surface area contributed by atoms with Gasteiger partial charge in [0.15, 0.2) is 0 Å². The van der Waals surface area contributed by atoms with Gasteiger partial charge in [-0.1, -0.05) is 19.4 Å². The summed E-state index contributed by atoms with van der Waals surface area (Å²) in [5.41, 5.74) is 0.536. The zero-order chi connectivity index (χ0) is 17.1. The largest absolute Gasteiger partial charge is 0.498 e. The van der Waals surface area contributed by atoms with Gasteiger partial charge in [0.1, 0.15) is 5.75 Å². The predicted molar refractivity (Wildman–Crippen MR) is 89.4 cm³/mol. The van der Waals surface area contributed by atoms with E-state index >= 15 is 0 Å². The van der Waals surface area contributed by atoms with E-state index in [1.807, 2.05) is 13.8 Å². The molecule has 0 bridgehead atoms. The maximum absolute atomic E-state index is 11.8. The van der Waals surface area contributed by atoms with Crippen molar-refractivity contribution in [2.24, 2.45) is 0 Å². The molecule has 1 aromatic rings. The van der Waals surface area contributed by atoms with Crippen molar-refractivity contribution in [3.63, 3.8) is 0 Å². The first-order chi connectivity index (χ1) is 11.0. The highest BCUT2D eigenvalue weighted by Crippen LogP contribution is 2.17. The predicted octanol–water partition coefficient (Wildman–Crippen LogP) is 3.45. The van der Waals surface area contributed by atoms with Crippen LogP contribution in [0.15, 0.2) is 36.1 Å². The molecule has 2 amide bonds. The minimum Gasteiger partial charge on any atom is -0.498 e. The van der Waals surface area contributed by atoms with Gasteiger partial charge in [-0.2, -0.15) is 0 Å². The van der Waals surface area contributed by atoms with E-state index in [2.05, 4.69) is 10.6 Å². The Labute approximate surface area is 136 Å². The van der Waals surface area contributed by atoms with Gasteiger partial charge in [-0.25, -0.2) is 4.79 Å². The second-order valence-electron chi connectivity index (χ2n) is 4.87. The summed E-state index contributed by atoms with van der Waals surface area (Å²) in [5.74, 6) is 0.593. The molecule has 0 aromatic heterocycles. The van der Waals surface area contributed by atoms with E-state index in [1.165, 1.54) is 6.08 Å². The number of allylic oxidation sites excluding steroid dienone is 1. The van der Waals surface area contributed by atoms with Gasteiger partial charge in [0, 0.05) is 24.4 Å². The molecule has 0 saturated heterocycles. The molecule has 0 spiro atoms. The molecule has 0 atom stereocenters. The quantitative estimate of drug-likeness (QED) is 0.437. The lowest BCUT2D eigenvalue weighted by Crippen LogP contribution is -2.27. The van der Waals surface area contributed by atoms with Crippen molar-refractivity contribution < 1.29 is 19.1 Å². The number of amides is 2. The monoisotopic (exact) mass is 320 g/mol. The second kappa shape index (κ2) is 10.3. The number of hydrogen-bond acceptors (Lipinski definition) is 4. The van der Waals surface area contributed by atoms with Crippen LogP contribution in [0.25, 0.3) is 0 Å². The third-order valence-corrected chi connectivity index (χ3v) is 2.82. The van der Waals surface area contributed by atoms with Crippen molar-refractivity contribution in [3.05, 3.63) is 36.1 Å². The highest BCUT2D eigenvalue weighted by Gasteiger charge is 2.06. The summed E-state index contributed by atoms with van der Waals surface area (Å²) in [7, 11) is 0. The molecule has 0 fully saturated rings. The molecule has 0 aliphatic carbocycles. The summed E-state index contributed by atoms with van der Waals surface area (Å²) in [4.78, 5) is 23.4. The van der Waals surface area contributed by atoms with Crippen molar-refractivity contribution in [2.75, 3.05) is 18.5 Å². The van der Waals surface area contributed by atoms with Crippen molar-refractivity contribution >= 4 is 17.7 Å². The van der Waals surface area contributed by atoms with Crippen molar-refractivity contribution in [3.8, 4) is 5.75 Å². The number of ether oxygens (including phenoxy) is 2. The van der Waals surface area contributed by atoms with Crippen LogP contribution in [0.5, 0.6) is 5.75 Å². The van der Waals surface area contributed by atoms with E-state index in [1.54, 1.807) is 31.2 Å². The van der Waals surface area contributed by atoms with E-state index in [-0.39, 0.29) is 5.91 Å². The first kappa shape index (κ1) is 18.5. The summed E-state index contributed by atoms with van der Waals surface area (Å²) in [6.07, 6.45) is 2.76. The van der Waals surface area contributed by atoms with Crippen LogP contribution in [-0.4, -0.2) is 25.2 Å². The summed E-state index contributed by atoms with van der Waals surface area (Å²) in [6.45, 7) is 6.69. The lowest BCUT2D eigenvalue weighted by Gasteiger charge is -2.08. The number of benzene rings is 1. The van der Waals surface area contributed by atoms with Crippen LogP contribution < -0.4 is 15.4 Å². The third-order valence-electron chi connectivity index (χ3n) is 2.82. The summed E-state index contributed by atoms with van der Waals surface area (Å²) in [5, 5.41) is 5.35. The first-order valence-electron chi connectivity index (χ1n) is 7.73. The zero-order valence-electron chi connectivity index (χ0n) is 13.8. The van der Waals surface area contributed by atoms with Crippen molar-refractivity contribution in [1.82, 2.24) is 5.32 Å². The Hall–Kier alpha value is -2.50. The summed E-state index contributed by atoms with van der Waals surface area (Å²) in [6, 6.07) is 6.64. The Kier molecular flexibility index (Phi) is 8.28. The molecule has 0 heterocycles. The number of carbonyl (C=O) groups excluding carboxylic acids is 2. The minimum atomic E-state index is -0.506. The first-order valence-corrected chi connectivity index (χ1v) is 7.73. The summed E-state index contributed by atoms with van der Waals surface area (Å²) >= 11 is 0. The van der Waals surface area contributed by atoms with Crippen LogP contribution in [0.2, 0.25) is 0 Å². The Morgan fingerprint density at radius 2 is 2.04 bits per heavy atom. The van der Waals surface area contributed by atoms with Gasteiger partial charge in [-0.3, -0.25) is 4.79 Å². The SMILES string of the molecule is CCCCNC(=O)Oc1cccc(NC(=O)/C=C(/C)OCC)c1. The zero-order valence-corrected chi connectivity index (χ0v) is 13.8. The molecular weight excluding hydrogens is 296 g/mol. The lowest BCUT2D eigenvalue weighted by molar-refractivity contribution is -0.112. The minimum absolute atomic E-state index is 0.305.